The SMILES string of the molecule is COS(=O)(=O)OC/C(=C/Cl)c1cc(Cl)c(Cl)cc1Cl. The first-order chi connectivity index (χ1) is 8.80. The van der Waals surface area contributed by atoms with Crippen LogP contribution in [0, 0.1) is 0 Å². The lowest BCUT2D eigenvalue weighted by Gasteiger charge is -2.10. The molecule has 0 N–H and O–H groups in total. The second-order valence-corrected chi connectivity index (χ2v) is 6.04. The molecule has 19 heavy (non-hydrogen) atoms. The first-order valence-corrected chi connectivity index (χ1v) is 7.60. The Morgan fingerprint density at radius 3 is 2.32 bits per heavy atom. The molecule has 0 amide bonds. The highest BCUT2D eigenvalue weighted by Gasteiger charge is 2.15. The summed E-state index contributed by atoms with van der Waals surface area (Å²) in [4.78, 5) is 0. The van der Waals surface area contributed by atoms with Crippen LogP contribution in [0.1, 0.15) is 5.56 Å². The van der Waals surface area contributed by atoms with Gasteiger partial charge in [0.15, 0.2) is 0 Å². The van der Waals surface area contributed by atoms with E-state index in [0.29, 0.717) is 11.1 Å². The topological polar surface area (TPSA) is 52.6 Å². The molecular formula is C10H8Cl4O4S. The zero-order valence-electron chi connectivity index (χ0n) is 9.49. The van der Waals surface area contributed by atoms with Crippen molar-refractivity contribution >= 4 is 62.4 Å². The van der Waals surface area contributed by atoms with E-state index in [9.17, 15) is 8.42 Å². The molecule has 0 spiro atoms. The van der Waals surface area contributed by atoms with Gasteiger partial charge in [0.2, 0.25) is 0 Å². The molecule has 0 aliphatic carbocycles. The molecular weight excluding hydrogens is 358 g/mol. The van der Waals surface area contributed by atoms with Crippen molar-refractivity contribution in [3.8, 4) is 0 Å². The summed E-state index contributed by atoms with van der Waals surface area (Å²) in [5.41, 5.74) is 1.86. The zero-order valence-corrected chi connectivity index (χ0v) is 13.3. The fraction of sp³-hybridized carbons (Fsp3) is 0.200. The predicted molar refractivity (Wildman–Crippen MR) is 77.2 cm³/mol. The summed E-state index contributed by atoms with van der Waals surface area (Å²) >= 11 is 23.3. The average Bonchev–Trinajstić information content (AvgIpc) is 2.36. The number of rotatable bonds is 5. The maximum absolute atomic E-state index is 11.1. The molecule has 106 valence electrons. The van der Waals surface area contributed by atoms with E-state index < -0.39 is 10.4 Å². The van der Waals surface area contributed by atoms with E-state index in [1.165, 1.54) is 12.1 Å². The molecule has 0 aromatic heterocycles. The summed E-state index contributed by atoms with van der Waals surface area (Å²) < 4.78 is 30.8. The lowest BCUT2D eigenvalue weighted by molar-refractivity contribution is 0.268. The Bertz CT molecular complexity index is 598. The third kappa shape index (κ3) is 4.79. The van der Waals surface area contributed by atoms with Gasteiger partial charge in [-0.2, -0.15) is 8.42 Å². The molecule has 0 aliphatic heterocycles. The first kappa shape index (κ1) is 17.0. The van der Waals surface area contributed by atoms with Crippen LogP contribution in [0.15, 0.2) is 17.7 Å². The maximum Gasteiger partial charge on any atom is 0.399 e. The third-order valence-corrected chi connectivity index (χ3v) is 4.16. The van der Waals surface area contributed by atoms with Gasteiger partial charge in [-0.25, -0.2) is 4.18 Å². The van der Waals surface area contributed by atoms with Gasteiger partial charge in [0.1, 0.15) is 0 Å². The van der Waals surface area contributed by atoms with Crippen LogP contribution in [0.4, 0.5) is 0 Å². The molecule has 0 fully saturated rings. The van der Waals surface area contributed by atoms with Gasteiger partial charge in [-0.05, 0) is 17.7 Å². The van der Waals surface area contributed by atoms with Crippen molar-refractivity contribution in [3.63, 3.8) is 0 Å². The summed E-state index contributed by atoms with van der Waals surface area (Å²) in [7, 11) is -3.09. The van der Waals surface area contributed by atoms with Crippen LogP contribution in [0.3, 0.4) is 0 Å². The Labute approximate surface area is 131 Å². The highest BCUT2D eigenvalue weighted by molar-refractivity contribution is 7.81. The average molecular weight is 366 g/mol. The molecule has 0 bridgehead atoms. The molecule has 0 saturated carbocycles. The van der Waals surface area contributed by atoms with E-state index in [1.807, 2.05) is 0 Å². The fourth-order valence-electron chi connectivity index (χ4n) is 1.12. The quantitative estimate of drug-likeness (QED) is 0.736. The van der Waals surface area contributed by atoms with Gasteiger partial charge in [-0.15, -0.1) is 0 Å². The van der Waals surface area contributed by atoms with Crippen molar-refractivity contribution in [2.24, 2.45) is 0 Å². The van der Waals surface area contributed by atoms with E-state index in [1.54, 1.807) is 0 Å². The molecule has 1 aromatic carbocycles. The van der Waals surface area contributed by atoms with Gasteiger partial charge in [0.25, 0.3) is 0 Å². The van der Waals surface area contributed by atoms with Crippen LogP contribution >= 0.6 is 46.4 Å². The minimum atomic E-state index is -4.07. The minimum absolute atomic E-state index is 0.256. The third-order valence-electron chi connectivity index (χ3n) is 2.05. The standard InChI is InChI=1S/C10H8Cl4O4S/c1-17-19(15,16)18-5-6(4-11)7-2-9(13)10(14)3-8(7)12/h2-4H,5H2,1H3/b6-4-. The summed E-state index contributed by atoms with van der Waals surface area (Å²) in [6, 6.07) is 2.88. The van der Waals surface area contributed by atoms with Crippen LogP contribution in [-0.4, -0.2) is 22.1 Å². The van der Waals surface area contributed by atoms with Crippen LogP contribution in [0.25, 0.3) is 5.57 Å². The highest BCUT2D eigenvalue weighted by Crippen LogP contribution is 2.33. The van der Waals surface area contributed by atoms with Gasteiger partial charge in [0.05, 0.1) is 23.8 Å². The number of halogens is 4. The molecule has 1 aromatic rings. The van der Waals surface area contributed by atoms with E-state index >= 15 is 0 Å². The summed E-state index contributed by atoms with van der Waals surface area (Å²) in [5, 5.41) is 0.793. The second kappa shape index (κ2) is 7.13. The highest BCUT2D eigenvalue weighted by atomic mass is 35.5. The Morgan fingerprint density at radius 2 is 1.79 bits per heavy atom. The van der Waals surface area contributed by atoms with Crippen LogP contribution in [-0.2, 0) is 18.8 Å². The van der Waals surface area contributed by atoms with E-state index in [2.05, 4.69) is 8.37 Å². The smallest absolute Gasteiger partial charge is 0.252 e. The van der Waals surface area contributed by atoms with Gasteiger partial charge in [0, 0.05) is 16.1 Å². The lowest BCUT2D eigenvalue weighted by Crippen LogP contribution is -2.09. The Balaban J connectivity index is 3.03. The van der Waals surface area contributed by atoms with Gasteiger partial charge in [-0.1, -0.05) is 46.4 Å². The van der Waals surface area contributed by atoms with E-state index in [-0.39, 0.29) is 21.7 Å². The number of hydrogen-bond donors (Lipinski definition) is 0. The second-order valence-electron chi connectivity index (χ2n) is 3.22. The molecule has 0 aliphatic rings. The molecule has 0 atom stereocenters. The first-order valence-electron chi connectivity index (χ1n) is 4.70. The van der Waals surface area contributed by atoms with Crippen molar-refractivity contribution in [1.82, 2.24) is 0 Å². The zero-order chi connectivity index (χ0) is 14.6. The maximum atomic E-state index is 11.1. The van der Waals surface area contributed by atoms with Crippen LogP contribution in [0.5, 0.6) is 0 Å². The van der Waals surface area contributed by atoms with Crippen LogP contribution < -0.4 is 0 Å². The van der Waals surface area contributed by atoms with Gasteiger partial charge >= 0.3 is 10.4 Å². The Kier molecular flexibility index (Phi) is 6.39. The molecule has 9 heteroatoms. The van der Waals surface area contributed by atoms with Crippen molar-refractivity contribution < 1.29 is 16.8 Å². The molecule has 4 nitrogen and oxygen atoms in total. The van der Waals surface area contributed by atoms with Crippen molar-refractivity contribution in [2.75, 3.05) is 13.7 Å². The number of hydrogen-bond acceptors (Lipinski definition) is 4. The van der Waals surface area contributed by atoms with E-state index in [0.717, 1.165) is 12.6 Å². The Morgan fingerprint density at radius 1 is 1.21 bits per heavy atom. The normalized spacial score (nSPS) is 12.8. The van der Waals surface area contributed by atoms with E-state index in [4.69, 9.17) is 46.4 Å². The lowest BCUT2D eigenvalue weighted by atomic mass is 10.1. The van der Waals surface area contributed by atoms with Crippen LogP contribution in [0.2, 0.25) is 15.1 Å². The van der Waals surface area contributed by atoms with Crippen molar-refractivity contribution in [3.05, 3.63) is 38.3 Å². The van der Waals surface area contributed by atoms with Crippen molar-refractivity contribution in [2.45, 2.75) is 0 Å². The predicted octanol–water partition coefficient (Wildman–Crippen LogP) is 4.13. The summed E-state index contributed by atoms with van der Waals surface area (Å²) in [5.74, 6) is 0. The molecule has 0 heterocycles. The largest absolute Gasteiger partial charge is 0.399 e. The summed E-state index contributed by atoms with van der Waals surface area (Å²) in [6.45, 7) is -0.350. The Hall–Kier alpha value is -0.0100. The van der Waals surface area contributed by atoms with Gasteiger partial charge in [-0.3, -0.25) is 4.18 Å². The summed E-state index contributed by atoms with van der Waals surface area (Å²) in [6.07, 6.45) is 0. The molecule has 0 unspecified atom stereocenters. The van der Waals surface area contributed by atoms with Gasteiger partial charge < -0.3 is 0 Å². The fourth-order valence-corrected chi connectivity index (χ4v) is 2.34. The van der Waals surface area contributed by atoms with Crippen molar-refractivity contribution in [1.29, 1.82) is 0 Å². The minimum Gasteiger partial charge on any atom is -0.252 e. The molecule has 0 radical (unpaired) electrons. The molecule has 0 saturated heterocycles. The monoisotopic (exact) mass is 364 g/mol. The molecule has 1 rings (SSSR count). The number of benzene rings is 1.